The van der Waals surface area contributed by atoms with Crippen molar-refractivity contribution in [2.24, 2.45) is 11.3 Å². The Hall–Kier alpha value is -2.50. The first-order valence-corrected chi connectivity index (χ1v) is 11.4. The summed E-state index contributed by atoms with van der Waals surface area (Å²) in [7, 11) is 0. The lowest BCUT2D eigenvalue weighted by Gasteiger charge is -2.44. The third-order valence-electron chi connectivity index (χ3n) is 6.05. The number of hydrogen-bond acceptors (Lipinski definition) is 6. The molecule has 2 atom stereocenters. The van der Waals surface area contributed by atoms with E-state index in [1.807, 2.05) is 31.2 Å². The molecular formula is C25H36O6. The lowest BCUT2D eigenvalue weighted by molar-refractivity contribution is 0.0395. The average molecular weight is 433 g/mol. The van der Waals surface area contributed by atoms with Crippen LogP contribution in [0.4, 0.5) is 9.59 Å². The molecular weight excluding hydrogens is 396 g/mol. The SMILES string of the molecule is C=C(/C=C\[C@H](CC)OC(=O)OCC)C1([C@H]2C=CC(OC(=O)OCC)=CC2)CCCCC1. The number of carbonyl (C=O) groups is 2. The van der Waals surface area contributed by atoms with Crippen LogP contribution in [0.15, 0.2) is 48.3 Å². The van der Waals surface area contributed by atoms with Crippen LogP contribution in [-0.4, -0.2) is 31.6 Å². The highest BCUT2D eigenvalue weighted by Crippen LogP contribution is 2.51. The van der Waals surface area contributed by atoms with Crippen molar-refractivity contribution >= 4 is 12.3 Å². The van der Waals surface area contributed by atoms with Gasteiger partial charge in [-0.15, -0.1) is 0 Å². The molecule has 0 saturated heterocycles. The van der Waals surface area contributed by atoms with Gasteiger partial charge in [-0.05, 0) is 69.2 Å². The molecule has 0 N–H and O–H groups in total. The van der Waals surface area contributed by atoms with Crippen molar-refractivity contribution < 1.29 is 28.5 Å². The van der Waals surface area contributed by atoms with E-state index in [1.165, 1.54) is 6.42 Å². The summed E-state index contributed by atoms with van der Waals surface area (Å²) < 4.78 is 20.3. The maximum Gasteiger partial charge on any atom is 0.513 e. The van der Waals surface area contributed by atoms with Crippen LogP contribution in [0.1, 0.15) is 65.7 Å². The predicted octanol–water partition coefficient (Wildman–Crippen LogP) is 6.63. The van der Waals surface area contributed by atoms with Gasteiger partial charge >= 0.3 is 12.3 Å². The molecule has 31 heavy (non-hydrogen) atoms. The highest BCUT2D eigenvalue weighted by Gasteiger charge is 2.40. The van der Waals surface area contributed by atoms with Crippen molar-refractivity contribution in [3.8, 4) is 0 Å². The van der Waals surface area contributed by atoms with Crippen molar-refractivity contribution in [2.75, 3.05) is 13.2 Å². The molecule has 0 unspecified atom stereocenters. The molecule has 0 aliphatic heterocycles. The Labute approximate surface area is 186 Å². The van der Waals surface area contributed by atoms with E-state index >= 15 is 0 Å². The van der Waals surface area contributed by atoms with Crippen LogP contribution in [0.3, 0.4) is 0 Å². The van der Waals surface area contributed by atoms with E-state index < -0.39 is 12.3 Å². The quantitative estimate of drug-likeness (QED) is 0.301. The van der Waals surface area contributed by atoms with E-state index in [1.54, 1.807) is 13.8 Å². The number of rotatable bonds is 9. The van der Waals surface area contributed by atoms with Crippen LogP contribution >= 0.6 is 0 Å². The summed E-state index contributed by atoms with van der Waals surface area (Å²) in [6.45, 7) is 10.5. The molecule has 0 radical (unpaired) electrons. The van der Waals surface area contributed by atoms with Crippen LogP contribution < -0.4 is 0 Å². The molecule has 0 bridgehead atoms. The molecule has 0 amide bonds. The summed E-state index contributed by atoms with van der Waals surface area (Å²) in [5.74, 6) is 0.793. The number of ether oxygens (including phenoxy) is 4. The second-order valence-corrected chi connectivity index (χ2v) is 7.94. The molecule has 1 fully saturated rings. The first-order valence-electron chi connectivity index (χ1n) is 11.4. The molecule has 172 valence electrons. The van der Waals surface area contributed by atoms with Gasteiger partial charge in [0.1, 0.15) is 11.9 Å². The third kappa shape index (κ3) is 7.01. The van der Waals surface area contributed by atoms with Gasteiger partial charge in [0.25, 0.3) is 0 Å². The van der Waals surface area contributed by atoms with Gasteiger partial charge in [-0.25, -0.2) is 9.59 Å². The molecule has 0 aromatic carbocycles. The largest absolute Gasteiger partial charge is 0.513 e. The van der Waals surface area contributed by atoms with E-state index in [0.717, 1.165) is 37.7 Å². The van der Waals surface area contributed by atoms with Gasteiger partial charge in [-0.1, -0.05) is 44.9 Å². The van der Waals surface area contributed by atoms with E-state index in [-0.39, 0.29) is 30.7 Å². The summed E-state index contributed by atoms with van der Waals surface area (Å²) in [6, 6.07) is 0. The summed E-state index contributed by atoms with van der Waals surface area (Å²) in [5, 5.41) is 0. The average Bonchev–Trinajstić information content (AvgIpc) is 2.77. The zero-order valence-corrected chi connectivity index (χ0v) is 19.1. The second kappa shape index (κ2) is 12.4. The molecule has 0 aromatic heterocycles. The Balaban J connectivity index is 2.09. The molecule has 1 saturated carbocycles. The second-order valence-electron chi connectivity index (χ2n) is 7.94. The van der Waals surface area contributed by atoms with Crippen LogP contribution in [0.2, 0.25) is 0 Å². The summed E-state index contributed by atoms with van der Waals surface area (Å²) >= 11 is 0. The number of hydrogen-bond donors (Lipinski definition) is 0. The Morgan fingerprint density at radius 1 is 1.13 bits per heavy atom. The highest BCUT2D eigenvalue weighted by molar-refractivity contribution is 5.62. The minimum absolute atomic E-state index is 0.0561. The van der Waals surface area contributed by atoms with Crippen LogP contribution in [0, 0.1) is 11.3 Å². The van der Waals surface area contributed by atoms with Crippen molar-refractivity contribution in [3.05, 3.63) is 48.3 Å². The van der Waals surface area contributed by atoms with Crippen molar-refractivity contribution in [2.45, 2.75) is 71.8 Å². The van der Waals surface area contributed by atoms with Gasteiger partial charge < -0.3 is 18.9 Å². The third-order valence-corrected chi connectivity index (χ3v) is 6.05. The van der Waals surface area contributed by atoms with E-state index in [2.05, 4.69) is 12.7 Å². The fraction of sp³-hybridized carbons (Fsp3) is 0.600. The normalized spacial score (nSPS) is 21.1. The smallest absolute Gasteiger partial charge is 0.435 e. The van der Waals surface area contributed by atoms with E-state index in [0.29, 0.717) is 12.2 Å². The highest BCUT2D eigenvalue weighted by atomic mass is 16.7. The zero-order valence-electron chi connectivity index (χ0n) is 19.1. The molecule has 0 spiro atoms. The fourth-order valence-corrected chi connectivity index (χ4v) is 4.37. The maximum absolute atomic E-state index is 11.7. The Bertz CT molecular complexity index is 712. The van der Waals surface area contributed by atoms with Crippen molar-refractivity contribution in [3.63, 3.8) is 0 Å². The monoisotopic (exact) mass is 432 g/mol. The summed E-state index contributed by atoms with van der Waals surface area (Å²) in [6.07, 6.45) is 15.3. The summed E-state index contributed by atoms with van der Waals surface area (Å²) in [4.78, 5) is 23.2. The van der Waals surface area contributed by atoms with Gasteiger partial charge in [-0.2, -0.15) is 0 Å². The Morgan fingerprint density at radius 2 is 1.81 bits per heavy atom. The van der Waals surface area contributed by atoms with E-state index in [9.17, 15) is 9.59 Å². The predicted molar refractivity (Wildman–Crippen MR) is 119 cm³/mol. The van der Waals surface area contributed by atoms with Gasteiger partial charge in [-0.3, -0.25) is 0 Å². The topological polar surface area (TPSA) is 71.1 Å². The number of allylic oxidation sites excluding steroid dienone is 5. The Kier molecular flexibility index (Phi) is 9.89. The van der Waals surface area contributed by atoms with Crippen LogP contribution in [-0.2, 0) is 18.9 Å². The molecule has 0 aromatic rings. The molecule has 2 aliphatic rings. The minimum Gasteiger partial charge on any atom is -0.435 e. The molecule has 0 heterocycles. The minimum atomic E-state index is -0.677. The Morgan fingerprint density at radius 3 is 2.39 bits per heavy atom. The molecule has 6 nitrogen and oxygen atoms in total. The van der Waals surface area contributed by atoms with Gasteiger partial charge in [0, 0.05) is 5.41 Å². The van der Waals surface area contributed by atoms with Crippen molar-refractivity contribution in [1.82, 2.24) is 0 Å². The molecule has 2 aliphatic carbocycles. The van der Waals surface area contributed by atoms with Gasteiger partial charge in [0.05, 0.1) is 13.2 Å². The van der Waals surface area contributed by atoms with Crippen LogP contribution in [0.25, 0.3) is 0 Å². The first kappa shape index (κ1) is 24.8. The van der Waals surface area contributed by atoms with Gasteiger partial charge in [0.2, 0.25) is 0 Å². The van der Waals surface area contributed by atoms with Gasteiger partial charge in [0.15, 0.2) is 0 Å². The van der Waals surface area contributed by atoms with E-state index in [4.69, 9.17) is 18.9 Å². The summed E-state index contributed by atoms with van der Waals surface area (Å²) in [5.41, 5.74) is 0.996. The molecule has 6 heteroatoms. The molecule has 2 rings (SSSR count). The lowest BCUT2D eigenvalue weighted by Crippen LogP contribution is -2.34. The lowest BCUT2D eigenvalue weighted by atomic mass is 9.60. The zero-order chi connectivity index (χ0) is 22.7. The van der Waals surface area contributed by atoms with Crippen LogP contribution in [0.5, 0.6) is 0 Å². The maximum atomic E-state index is 11.7. The number of carbonyl (C=O) groups excluding carboxylic acids is 2. The standard InChI is InChI=1S/C25H36O6/c1-5-21(30-23(26)28-6-2)14-11-19(4)25(17-9-8-10-18-25)20-12-15-22(16-13-20)31-24(27)29-7-3/h11-12,14-16,20-21H,4-10,13,17-18H2,1-3H3/b14-11-/t20-,21-/m0/s1. The fourth-order valence-electron chi connectivity index (χ4n) is 4.37. The van der Waals surface area contributed by atoms with Crippen molar-refractivity contribution in [1.29, 1.82) is 0 Å². The first-order chi connectivity index (χ1) is 14.9.